The lowest BCUT2D eigenvalue weighted by atomic mass is 10.2. The summed E-state index contributed by atoms with van der Waals surface area (Å²) in [5.74, 6) is -0.358. The Labute approximate surface area is 114 Å². The average Bonchev–Trinajstić information content (AvgIpc) is 2.81. The number of hydrogen-bond donors (Lipinski definition) is 1. The predicted molar refractivity (Wildman–Crippen MR) is 68.7 cm³/mol. The number of aromatic nitrogens is 3. The van der Waals surface area contributed by atoms with Crippen molar-refractivity contribution in [3.05, 3.63) is 40.7 Å². The van der Waals surface area contributed by atoms with Crippen molar-refractivity contribution < 1.29 is 14.6 Å². The largest absolute Gasteiger partial charge is 0.491 e. The molecule has 0 fully saturated rings. The smallest absolute Gasteiger partial charge is 0.358 e. The van der Waals surface area contributed by atoms with E-state index in [1.807, 2.05) is 13.0 Å². The van der Waals surface area contributed by atoms with Gasteiger partial charge in [0.2, 0.25) is 0 Å². The van der Waals surface area contributed by atoms with Gasteiger partial charge in [-0.05, 0) is 30.7 Å². The Balaban J connectivity index is 1.90. The molecule has 0 aliphatic carbocycles. The van der Waals surface area contributed by atoms with Crippen LogP contribution in [0.15, 0.2) is 24.4 Å². The van der Waals surface area contributed by atoms with Gasteiger partial charge in [-0.2, -0.15) is 0 Å². The topological polar surface area (TPSA) is 77.2 Å². The van der Waals surface area contributed by atoms with Gasteiger partial charge in [-0.15, -0.1) is 5.10 Å². The second-order valence-corrected chi connectivity index (χ2v) is 4.37. The van der Waals surface area contributed by atoms with E-state index in [0.29, 0.717) is 18.2 Å². The molecule has 0 unspecified atom stereocenters. The molecule has 0 atom stereocenters. The van der Waals surface area contributed by atoms with E-state index in [9.17, 15) is 4.79 Å². The molecule has 0 radical (unpaired) electrons. The molecule has 0 aliphatic heterocycles. The molecule has 1 aromatic heterocycles. The summed E-state index contributed by atoms with van der Waals surface area (Å²) in [5.41, 5.74) is 0.861. The van der Waals surface area contributed by atoms with E-state index in [1.54, 1.807) is 12.1 Å². The van der Waals surface area contributed by atoms with Gasteiger partial charge in [0, 0.05) is 5.02 Å². The molecule has 1 aromatic carbocycles. The lowest BCUT2D eigenvalue weighted by Gasteiger charge is -2.08. The first-order valence-corrected chi connectivity index (χ1v) is 5.96. The monoisotopic (exact) mass is 281 g/mol. The fraction of sp³-hybridized carbons (Fsp3) is 0.250. The normalized spacial score (nSPS) is 10.4. The third kappa shape index (κ3) is 3.45. The molecule has 7 heteroatoms. The maximum atomic E-state index is 10.6. The highest BCUT2D eigenvalue weighted by molar-refractivity contribution is 6.30. The Morgan fingerprint density at radius 1 is 1.53 bits per heavy atom. The lowest BCUT2D eigenvalue weighted by Crippen LogP contribution is -2.09. The van der Waals surface area contributed by atoms with Gasteiger partial charge >= 0.3 is 5.97 Å². The van der Waals surface area contributed by atoms with Crippen molar-refractivity contribution in [3.63, 3.8) is 0 Å². The summed E-state index contributed by atoms with van der Waals surface area (Å²) >= 11 is 5.85. The molecule has 0 aliphatic rings. The molecule has 0 saturated carbocycles. The maximum Gasteiger partial charge on any atom is 0.358 e. The van der Waals surface area contributed by atoms with E-state index >= 15 is 0 Å². The minimum absolute atomic E-state index is 0.0809. The van der Waals surface area contributed by atoms with Gasteiger partial charge in [-0.25, -0.2) is 9.48 Å². The Kier molecular flexibility index (Phi) is 4.01. The second kappa shape index (κ2) is 5.71. The minimum atomic E-state index is -1.10. The van der Waals surface area contributed by atoms with Crippen molar-refractivity contribution >= 4 is 17.6 Å². The van der Waals surface area contributed by atoms with Crippen LogP contribution in [0.1, 0.15) is 16.1 Å². The van der Waals surface area contributed by atoms with Crippen molar-refractivity contribution in [2.24, 2.45) is 0 Å². The van der Waals surface area contributed by atoms with Crippen LogP contribution in [-0.4, -0.2) is 32.7 Å². The minimum Gasteiger partial charge on any atom is -0.491 e. The number of carboxylic acids is 1. The molecular weight excluding hydrogens is 270 g/mol. The third-order valence-corrected chi connectivity index (χ3v) is 2.71. The Hall–Kier alpha value is -2.08. The number of halogens is 1. The number of aryl methyl sites for hydroxylation is 1. The van der Waals surface area contributed by atoms with Crippen LogP contribution in [-0.2, 0) is 6.54 Å². The van der Waals surface area contributed by atoms with Crippen molar-refractivity contribution in [2.45, 2.75) is 13.5 Å². The van der Waals surface area contributed by atoms with Gasteiger partial charge in [0.25, 0.3) is 0 Å². The fourth-order valence-corrected chi connectivity index (χ4v) is 1.76. The number of benzene rings is 1. The van der Waals surface area contributed by atoms with E-state index in [-0.39, 0.29) is 5.69 Å². The number of hydrogen-bond acceptors (Lipinski definition) is 4. The highest BCUT2D eigenvalue weighted by Crippen LogP contribution is 2.21. The highest BCUT2D eigenvalue weighted by atomic mass is 35.5. The van der Waals surface area contributed by atoms with E-state index < -0.39 is 5.97 Å². The highest BCUT2D eigenvalue weighted by Gasteiger charge is 2.08. The van der Waals surface area contributed by atoms with Gasteiger partial charge in [-0.1, -0.05) is 16.8 Å². The van der Waals surface area contributed by atoms with E-state index in [2.05, 4.69) is 10.3 Å². The molecule has 2 aromatic rings. The first kappa shape index (κ1) is 13.4. The van der Waals surface area contributed by atoms with Crippen LogP contribution in [0.3, 0.4) is 0 Å². The summed E-state index contributed by atoms with van der Waals surface area (Å²) in [6.45, 7) is 2.69. The zero-order valence-electron chi connectivity index (χ0n) is 10.2. The Bertz CT molecular complexity index is 598. The summed E-state index contributed by atoms with van der Waals surface area (Å²) in [6.07, 6.45) is 1.36. The van der Waals surface area contributed by atoms with Crippen LogP contribution in [0.25, 0.3) is 0 Å². The predicted octanol–water partition coefficient (Wildman–Crippen LogP) is 2.02. The summed E-state index contributed by atoms with van der Waals surface area (Å²) in [7, 11) is 0. The molecule has 6 nitrogen and oxygen atoms in total. The maximum absolute atomic E-state index is 10.6. The second-order valence-electron chi connectivity index (χ2n) is 3.93. The zero-order chi connectivity index (χ0) is 13.8. The number of nitrogens with zero attached hydrogens (tertiary/aromatic N) is 3. The molecule has 0 bridgehead atoms. The summed E-state index contributed by atoms with van der Waals surface area (Å²) in [5, 5.41) is 16.6. The lowest BCUT2D eigenvalue weighted by molar-refractivity contribution is 0.0690. The van der Waals surface area contributed by atoms with E-state index in [0.717, 1.165) is 11.3 Å². The summed E-state index contributed by atoms with van der Waals surface area (Å²) < 4.78 is 7.00. The van der Waals surface area contributed by atoms with Gasteiger partial charge in [-0.3, -0.25) is 0 Å². The molecule has 100 valence electrons. The van der Waals surface area contributed by atoms with Crippen LogP contribution in [0.2, 0.25) is 5.02 Å². The first-order chi connectivity index (χ1) is 9.06. The SMILES string of the molecule is Cc1cc(Cl)ccc1OCCn1cc(C(=O)O)nn1. The molecule has 2 rings (SSSR count). The van der Waals surface area contributed by atoms with Crippen molar-refractivity contribution in [2.75, 3.05) is 6.61 Å². The van der Waals surface area contributed by atoms with Crippen LogP contribution >= 0.6 is 11.6 Å². The van der Waals surface area contributed by atoms with Crippen molar-refractivity contribution in [1.82, 2.24) is 15.0 Å². The molecule has 1 N–H and O–H groups in total. The molecule has 0 spiro atoms. The van der Waals surface area contributed by atoms with Gasteiger partial charge in [0.1, 0.15) is 12.4 Å². The molecule has 1 heterocycles. The van der Waals surface area contributed by atoms with E-state index in [1.165, 1.54) is 10.9 Å². The van der Waals surface area contributed by atoms with Gasteiger partial charge in [0.15, 0.2) is 5.69 Å². The number of carbonyl (C=O) groups is 1. The number of carboxylic acid groups (broad SMARTS) is 1. The molecule has 19 heavy (non-hydrogen) atoms. The van der Waals surface area contributed by atoms with Crippen molar-refractivity contribution in [3.8, 4) is 5.75 Å². The quantitative estimate of drug-likeness (QED) is 0.907. The van der Waals surface area contributed by atoms with Crippen LogP contribution < -0.4 is 4.74 Å². The Morgan fingerprint density at radius 3 is 2.95 bits per heavy atom. The standard InChI is InChI=1S/C12H12ClN3O3/c1-8-6-9(13)2-3-11(8)19-5-4-16-7-10(12(17)18)14-15-16/h2-3,6-7H,4-5H2,1H3,(H,17,18). The number of ether oxygens (including phenoxy) is 1. The average molecular weight is 282 g/mol. The van der Waals surface area contributed by atoms with Crippen LogP contribution in [0, 0.1) is 6.92 Å². The van der Waals surface area contributed by atoms with Gasteiger partial charge < -0.3 is 9.84 Å². The van der Waals surface area contributed by atoms with Crippen LogP contribution in [0.5, 0.6) is 5.75 Å². The molecular formula is C12H12ClN3O3. The molecule has 0 saturated heterocycles. The van der Waals surface area contributed by atoms with Gasteiger partial charge in [0.05, 0.1) is 12.7 Å². The third-order valence-electron chi connectivity index (χ3n) is 2.47. The zero-order valence-corrected chi connectivity index (χ0v) is 11.0. The molecule has 0 amide bonds. The number of rotatable bonds is 5. The summed E-state index contributed by atoms with van der Waals surface area (Å²) in [6, 6.07) is 5.36. The Morgan fingerprint density at radius 2 is 2.32 bits per heavy atom. The summed E-state index contributed by atoms with van der Waals surface area (Å²) in [4.78, 5) is 10.6. The van der Waals surface area contributed by atoms with Crippen LogP contribution in [0.4, 0.5) is 0 Å². The number of aromatic carboxylic acids is 1. The first-order valence-electron chi connectivity index (χ1n) is 5.58. The van der Waals surface area contributed by atoms with Crippen molar-refractivity contribution in [1.29, 1.82) is 0 Å². The fourth-order valence-electron chi connectivity index (χ4n) is 1.53. The van der Waals surface area contributed by atoms with E-state index in [4.69, 9.17) is 21.4 Å².